The van der Waals surface area contributed by atoms with E-state index in [9.17, 15) is 4.79 Å². The van der Waals surface area contributed by atoms with Crippen LogP contribution < -0.4 is 10.1 Å². The lowest BCUT2D eigenvalue weighted by atomic mass is 10.3. The van der Waals surface area contributed by atoms with E-state index in [0.717, 1.165) is 5.75 Å². The Bertz CT molecular complexity index is 1160. The molecule has 0 aliphatic rings. The Morgan fingerprint density at radius 3 is 2.77 bits per heavy atom. The summed E-state index contributed by atoms with van der Waals surface area (Å²) in [5.41, 5.74) is 1.33. The first-order valence-corrected chi connectivity index (χ1v) is 10.3. The molecule has 0 aliphatic heterocycles. The number of methoxy groups -OCH3 is 1. The average Bonchev–Trinajstić information content (AvgIpc) is 3.41. The highest BCUT2D eigenvalue weighted by atomic mass is 32.2. The fourth-order valence-corrected chi connectivity index (χ4v) is 3.42. The number of carbonyl (C=O) groups excluding carboxylic acids is 1. The van der Waals surface area contributed by atoms with Crippen LogP contribution in [0.25, 0.3) is 11.5 Å². The fraction of sp³-hybridized carbons (Fsp3) is 0.200. The quantitative estimate of drug-likeness (QED) is 0.415. The lowest BCUT2D eigenvalue weighted by molar-refractivity contribution is -0.113. The monoisotopic (exact) mass is 437 g/mol. The van der Waals surface area contributed by atoms with Gasteiger partial charge in [-0.2, -0.15) is 4.98 Å². The second-order valence-electron chi connectivity index (χ2n) is 6.43. The molecule has 0 aliphatic carbocycles. The van der Waals surface area contributed by atoms with Gasteiger partial charge in [-0.15, -0.1) is 10.2 Å². The van der Waals surface area contributed by atoms with Crippen molar-refractivity contribution in [3.8, 4) is 17.3 Å². The van der Waals surface area contributed by atoms with E-state index < -0.39 is 0 Å². The fourth-order valence-electron chi connectivity index (χ4n) is 2.69. The Labute approximate surface area is 182 Å². The Morgan fingerprint density at radius 1 is 1.19 bits per heavy atom. The molecule has 3 heterocycles. The van der Waals surface area contributed by atoms with Gasteiger partial charge < -0.3 is 19.1 Å². The van der Waals surface area contributed by atoms with Crippen LogP contribution in [0.2, 0.25) is 0 Å². The molecule has 11 heteroatoms. The van der Waals surface area contributed by atoms with E-state index in [-0.39, 0.29) is 11.7 Å². The van der Waals surface area contributed by atoms with Gasteiger partial charge in [0.25, 0.3) is 0 Å². The maximum Gasteiger partial charge on any atom is 0.234 e. The van der Waals surface area contributed by atoms with Crippen molar-refractivity contribution in [3.05, 3.63) is 60.4 Å². The summed E-state index contributed by atoms with van der Waals surface area (Å²) in [6.45, 7) is 0. The SMILES string of the molecule is COc1ccc(NC(=O)CSc2nnc(Cc3nc(-c4ccccn4)no3)n2C)cc1. The minimum Gasteiger partial charge on any atom is -0.497 e. The van der Waals surface area contributed by atoms with Crippen LogP contribution in [0.5, 0.6) is 5.75 Å². The van der Waals surface area contributed by atoms with Gasteiger partial charge in [0.15, 0.2) is 5.16 Å². The molecule has 0 radical (unpaired) electrons. The zero-order valence-electron chi connectivity index (χ0n) is 16.8. The van der Waals surface area contributed by atoms with Gasteiger partial charge in [-0.25, -0.2) is 0 Å². The van der Waals surface area contributed by atoms with Crippen LogP contribution in [-0.2, 0) is 18.3 Å². The molecule has 4 rings (SSSR count). The smallest absolute Gasteiger partial charge is 0.234 e. The highest BCUT2D eigenvalue weighted by Gasteiger charge is 2.16. The van der Waals surface area contributed by atoms with Crippen molar-refractivity contribution < 1.29 is 14.1 Å². The first-order chi connectivity index (χ1) is 15.1. The van der Waals surface area contributed by atoms with Crippen LogP contribution in [0.3, 0.4) is 0 Å². The maximum atomic E-state index is 12.2. The number of anilines is 1. The highest BCUT2D eigenvalue weighted by Crippen LogP contribution is 2.20. The number of nitrogens with zero attached hydrogens (tertiary/aromatic N) is 6. The van der Waals surface area contributed by atoms with Gasteiger partial charge in [0.05, 0.1) is 19.3 Å². The van der Waals surface area contributed by atoms with Gasteiger partial charge >= 0.3 is 0 Å². The van der Waals surface area contributed by atoms with Gasteiger partial charge in [0.1, 0.15) is 17.3 Å². The zero-order chi connectivity index (χ0) is 21.6. The van der Waals surface area contributed by atoms with Gasteiger partial charge in [0, 0.05) is 18.9 Å². The van der Waals surface area contributed by atoms with Crippen LogP contribution in [0.15, 0.2) is 58.3 Å². The zero-order valence-corrected chi connectivity index (χ0v) is 17.7. The van der Waals surface area contributed by atoms with Crippen molar-refractivity contribution >= 4 is 23.4 Å². The molecule has 1 aromatic carbocycles. The molecule has 0 bridgehead atoms. The van der Waals surface area contributed by atoms with E-state index in [4.69, 9.17) is 9.26 Å². The first kappa shape index (κ1) is 20.5. The van der Waals surface area contributed by atoms with E-state index in [1.807, 2.05) is 25.2 Å². The van der Waals surface area contributed by atoms with E-state index >= 15 is 0 Å². The summed E-state index contributed by atoms with van der Waals surface area (Å²) in [4.78, 5) is 20.8. The van der Waals surface area contributed by atoms with Crippen molar-refractivity contribution in [2.45, 2.75) is 11.6 Å². The van der Waals surface area contributed by atoms with Crippen LogP contribution in [0, 0.1) is 0 Å². The van der Waals surface area contributed by atoms with Gasteiger partial charge in [-0.1, -0.05) is 23.0 Å². The third-order valence-corrected chi connectivity index (χ3v) is 5.32. The van der Waals surface area contributed by atoms with E-state index in [1.54, 1.807) is 42.1 Å². The summed E-state index contributed by atoms with van der Waals surface area (Å²) < 4.78 is 12.2. The summed E-state index contributed by atoms with van der Waals surface area (Å²) in [7, 11) is 3.42. The largest absolute Gasteiger partial charge is 0.497 e. The molecule has 0 fully saturated rings. The van der Waals surface area contributed by atoms with Gasteiger partial charge in [-0.05, 0) is 36.4 Å². The Hall–Kier alpha value is -3.73. The summed E-state index contributed by atoms with van der Waals surface area (Å²) in [5.74, 6) is 2.26. The van der Waals surface area contributed by atoms with Crippen molar-refractivity contribution in [1.82, 2.24) is 29.9 Å². The molecule has 31 heavy (non-hydrogen) atoms. The average molecular weight is 437 g/mol. The van der Waals surface area contributed by atoms with Crippen LogP contribution in [0.1, 0.15) is 11.7 Å². The number of thioether (sulfide) groups is 1. The summed E-state index contributed by atoms with van der Waals surface area (Å²) in [5, 5.41) is 15.7. The van der Waals surface area contributed by atoms with Crippen molar-refractivity contribution in [2.24, 2.45) is 7.05 Å². The second kappa shape index (κ2) is 9.39. The molecule has 0 atom stereocenters. The number of ether oxygens (including phenoxy) is 1. The molecule has 158 valence electrons. The Kier molecular flexibility index (Phi) is 6.22. The lowest BCUT2D eigenvalue weighted by Crippen LogP contribution is -2.14. The van der Waals surface area contributed by atoms with Crippen LogP contribution >= 0.6 is 11.8 Å². The van der Waals surface area contributed by atoms with Crippen molar-refractivity contribution in [2.75, 3.05) is 18.2 Å². The number of nitrogens with one attached hydrogen (secondary N) is 1. The normalized spacial score (nSPS) is 10.8. The maximum absolute atomic E-state index is 12.2. The van der Waals surface area contributed by atoms with E-state index in [1.165, 1.54) is 11.8 Å². The predicted octanol–water partition coefficient (Wildman–Crippen LogP) is 2.59. The van der Waals surface area contributed by atoms with Crippen molar-refractivity contribution in [1.29, 1.82) is 0 Å². The molecular formula is C20H19N7O3S. The molecule has 3 aromatic heterocycles. The molecular weight excluding hydrogens is 418 g/mol. The van der Waals surface area contributed by atoms with Crippen LogP contribution in [0.4, 0.5) is 5.69 Å². The molecule has 1 amide bonds. The third-order valence-electron chi connectivity index (χ3n) is 4.30. The van der Waals surface area contributed by atoms with E-state index in [0.29, 0.717) is 40.5 Å². The molecule has 0 unspecified atom stereocenters. The highest BCUT2D eigenvalue weighted by molar-refractivity contribution is 7.99. The lowest BCUT2D eigenvalue weighted by Gasteiger charge is -2.06. The molecule has 0 spiro atoms. The molecule has 0 saturated heterocycles. The Morgan fingerprint density at radius 2 is 2.03 bits per heavy atom. The summed E-state index contributed by atoms with van der Waals surface area (Å²) >= 11 is 1.29. The minimum absolute atomic E-state index is 0.142. The van der Waals surface area contributed by atoms with Crippen molar-refractivity contribution in [3.63, 3.8) is 0 Å². The van der Waals surface area contributed by atoms with E-state index in [2.05, 4.69) is 30.6 Å². The summed E-state index contributed by atoms with van der Waals surface area (Å²) in [6, 6.07) is 12.6. The third kappa shape index (κ3) is 5.07. The molecule has 10 nitrogen and oxygen atoms in total. The second-order valence-corrected chi connectivity index (χ2v) is 7.37. The molecule has 0 saturated carbocycles. The number of aromatic nitrogens is 6. The standard InChI is InChI=1S/C20H19N7O3S/c1-27-16(11-18-23-19(26-30-18)15-5-3-4-10-21-15)24-25-20(27)31-12-17(28)22-13-6-8-14(29-2)9-7-13/h3-10H,11-12H2,1-2H3,(H,22,28). The number of carbonyl (C=O) groups is 1. The number of rotatable bonds is 8. The van der Waals surface area contributed by atoms with Gasteiger partial charge in [0.2, 0.25) is 17.6 Å². The predicted molar refractivity (Wildman–Crippen MR) is 114 cm³/mol. The number of pyridine rings is 1. The molecule has 1 N–H and O–H groups in total. The number of benzene rings is 1. The van der Waals surface area contributed by atoms with Gasteiger partial charge in [-0.3, -0.25) is 9.78 Å². The van der Waals surface area contributed by atoms with Crippen LogP contribution in [-0.4, -0.2) is 48.7 Å². The summed E-state index contributed by atoms with van der Waals surface area (Å²) in [6.07, 6.45) is 1.99. The topological polar surface area (TPSA) is 121 Å². The first-order valence-electron chi connectivity index (χ1n) is 9.31. The molecule has 4 aromatic rings. The number of hydrogen-bond acceptors (Lipinski definition) is 9. The number of amides is 1. The number of hydrogen-bond donors (Lipinski definition) is 1. The Balaban J connectivity index is 1.34. The minimum atomic E-state index is -0.142.